The second-order valence-corrected chi connectivity index (χ2v) is 3.17. The van der Waals surface area contributed by atoms with Crippen LogP contribution < -0.4 is 0 Å². The summed E-state index contributed by atoms with van der Waals surface area (Å²) in [4.78, 5) is 8.65. The van der Waals surface area contributed by atoms with Gasteiger partial charge in [-0.25, -0.2) is 0 Å². The molecule has 0 radical (unpaired) electrons. The summed E-state index contributed by atoms with van der Waals surface area (Å²) in [6.07, 6.45) is 9.92. The minimum absolute atomic E-state index is 0.233. The van der Waals surface area contributed by atoms with Crippen LogP contribution in [0.15, 0.2) is 41.6 Å². The second-order valence-electron chi connectivity index (χ2n) is 3.17. The molecule has 1 aromatic rings. The topological polar surface area (TPSA) is 25.2 Å². The van der Waals surface area contributed by atoms with Gasteiger partial charge in [-0.2, -0.15) is 0 Å². The van der Waals surface area contributed by atoms with Gasteiger partial charge in [0.05, 0.1) is 11.7 Å². The van der Waals surface area contributed by atoms with Crippen molar-refractivity contribution in [1.29, 1.82) is 0 Å². The second kappa shape index (κ2) is 2.39. The maximum absolute atomic E-state index is 4.39. The van der Waals surface area contributed by atoms with Crippen molar-refractivity contribution in [3.63, 3.8) is 0 Å². The van der Waals surface area contributed by atoms with Crippen LogP contribution in [0.2, 0.25) is 0 Å². The van der Waals surface area contributed by atoms with E-state index < -0.39 is 0 Å². The fourth-order valence-electron chi connectivity index (χ4n) is 1.76. The van der Waals surface area contributed by atoms with E-state index >= 15 is 0 Å². The summed E-state index contributed by atoms with van der Waals surface area (Å²) in [5, 5.41) is 0. The highest BCUT2D eigenvalue weighted by Crippen LogP contribution is 2.30. The van der Waals surface area contributed by atoms with Crippen molar-refractivity contribution in [2.75, 3.05) is 0 Å². The van der Waals surface area contributed by atoms with E-state index in [4.69, 9.17) is 0 Å². The van der Waals surface area contributed by atoms with Gasteiger partial charge in [0.15, 0.2) is 0 Å². The van der Waals surface area contributed by atoms with Crippen molar-refractivity contribution in [3.05, 3.63) is 47.8 Å². The van der Waals surface area contributed by atoms with Crippen molar-refractivity contribution < 1.29 is 0 Å². The van der Waals surface area contributed by atoms with Crippen LogP contribution in [0.25, 0.3) is 5.57 Å². The summed E-state index contributed by atoms with van der Waals surface area (Å²) in [5.74, 6) is 0. The first-order valence-corrected chi connectivity index (χ1v) is 4.32. The van der Waals surface area contributed by atoms with Crippen LogP contribution in [0.1, 0.15) is 11.3 Å². The Bertz CT molecular complexity index is 441. The van der Waals surface area contributed by atoms with Gasteiger partial charge < -0.3 is 0 Å². The lowest BCUT2D eigenvalue weighted by atomic mass is 9.98. The number of pyridine rings is 1. The summed E-state index contributed by atoms with van der Waals surface area (Å²) in [6.45, 7) is 0. The molecule has 3 rings (SSSR count). The maximum atomic E-state index is 4.39. The van der Waals surface area contributed by atoms with Crippen molar-refractivity contribution in [3.8, 4) is 0 Å². The molecule has 0 spiro atoms. The highest BCUT2D eigenvalue weighted by atomic mass is 14.8. The first kappa shape index (κ1) is 6.78. The molecule has 0 bridgehead atoms. The summed E-state index contributed by atoms with van der Waals surface area (Å²) in [7, 11) is 0. The fourth-order valence-corrected chi connectivity index (χ4v) is 1.76. The van der Waals surface area contributed by atoms with Gasteiger partial charge in [0.2, 0.25) is 0 Å². The van der Waals surface area contributed by atoms with Crippen molar-refractivity contribution >= 4 is 11.8 Å². The molecule has 2 aliphatic rings. The van der Waals surface area contributed by atoms with Gasteiger partial charge in [-0.3, -0.25) is 9.98 Å². The number of rotatable bonds is 0. The van der Waals surface area contributed by atoms with E-state index in [1.165, 1.54) is 11.1 Å². The fraction of sp³-hybridized carbons (Fsp3) is 0.0909. The van der Waals surface area contributed by atoms with E-state index in [1.807, 2.05) is 12.3 Å². The Hall–Kier alpha value is -1.70. The van der Waals surface area contributed by atoms with E-state index in [0.717, 1.165) is 5.69 Å². The molecule has 2 nitrogen and oxygen atoms in total. The van der Waals surface area contributed by atoms with E-state index in [2.05, 4.69) is 34.3 Å². The molecular weight excluding hydrogens is 160 g/mol. The lowest BCUT2D eigenvalue weighted by Gasteiger charge is -2.15. The van der Waals surface area contributed by atoms with E-state index in [9.17, 15) is 0 Å². The van der Waals surface area contributed by atoms with E-state index in [1.54, 1.807) is 6.20 Å². The molecule has 1 unspecified atom stereocenters. The Morgan fingerprint density at radius 3 is 3.31 bits per heavy atom. The molecule has 2 heterocycles. The van der Waals surface area contributed by atoms with Gasteiger partial charge in [-0.1, -0.05) is 24.3 Å². The normalized spacial score (nSPS) is 22.5. The lowest BCUT2D eigenvalue weighted by molar-refractivity contribution is 1.04. The van der Waals surface area contributed by atoms with Gasteiger partial charge in [-0.15, -0.1) is 0 Å². The number of aliphatic imine (C=N–C) groups is 1. The first-order valence-electron chi connectivity index (χ1n) is 4.32. The van der Waals surface area contributed by atoms with Gasteiger partial charge >= 0.3 is 0 Å². The predicted octanol–water partition coefficient (Wildman–Crippen LogP) is 1.84. The molecule has 62 valence electrons. The van der Waals surface area contributed by atoms with Gasteiger partial charge in [0, 0.05) is 18.0 Å². The molecule has 0 aromatic carbocycles. The summed E-state index contributed by atoms with van der Waals surface area (Å²) in [5.41, 5.74) is 3.46. The Kier molecular flexibility index (Phi) is 1.25. The van der Waals surface area contributed by atoms with Gasteiger partial charge in [0.25, 0.3) is 0 Å². The highest BCUT2D eigenvalue weighted by Gasteiger charge is 2.20. The van der Waals surface area contributed by atoms with Crippen LogP contribution in [0.3, 0.4) is 0 Å². The zero-order chi connectivity index (χ0) is 8.67. The molecule has 1 aliphatic carbocycles. The lowest BCUT2D eigenvalue weighted by Crippen LogP contribution is -2.10. The molecule has 1 aromatic heterocycles. The molecule has 0 N–H and O–H groups in total. The Labute approximate surface area is 76.3 Å². The van der Waals surface area contributed by atoms with Crippen LogP contribution in [-0.2, 0) is 0 Å². The average molecular weight is 168 g/mol. The predicted molar refractivity (Wildman–Crippen MR) is 52.7 cm³/mol. The molecule has 1 atom stereocenters. The van der Waals surface area contributed by atoms with E-state index in [0.29, 0.717) is 0 Å². The number of hydrogen-bond acceptors (Lipinski definition) is 2. The van der Waals surface area contributed by atoms with Gasteiger partial charge in [0.1, 0.15) is 0 Å². The Morgan fingerprint density at radius 2 is 2.31 bits per heavy atom. The van der Waals surface area contributed by atoms with Gasteiger partial charge in [-0.05, 0) is 11.6 Å². The first-order chi connectivity index (χ1) is 6.45. The highest BCUT2D eigenvalue weighted by molar-refractivity contribution is 5.93. The molecule has 2 heteroatoms. The number of fused-ring (bicyclic) bond motifs is 3. The summed E-state index contributed by atoms with van der Waals surface area (Å²) in [6, 6.07) is 4.30. The molecule has 0 fully saturated rings. The SMILES string of the molecule is C1=CC2N=Cc3ncccc3C2=C1. The molecule has 1 aliphatic heterocycles. The molecule has 0 saturated heterocycles. The van der Waals surface area contributed by atoms with Crippen LogP contribution in [0.5, 0.6) is 0 Å². The Balaban J connectivity index is 2.25. The number of hydrogen-bond donors (Lipinski definition) is 0. The van der Waals surface area contributed by atoms with E-state index in [-0.39, 0.29) is 6.04 Å². The third-order valence-corrected chi connectivity index (χ3v) is 2.39. The number of aromatic nitrogens is 1. The van der Waals surface area contributed by atoms with Crippen LogP contribution in [-0.4, -0.2) is 17.2 Å². The Morgan fingerprint density at radius 1 is 1.31 bits per heavy atom. The standard InChI is InChI=1S/C11H8N2/c1-3-8-9-4-2-6-12-11(9)7-13-10(8)5-1/h1-7,10H. The number of allylic oxidation sites excluding steroid dienone is 2. The smallest absolute Gasteiger partial charge is 0.0940 e. The largest absolute Gasteiger partial charge is 0.279 e. The van der Waals surface area contributed by atoms with Crippen LogP contribution in [0.4, 0.5) is 0 Å². The third kappa shape index (κ3) is 0.886. The zero-order valence-corrected chi connectivity index (χ0v) is 7.01. The van der Waals surface area contributed by atoms with Crippen molar-refractivity contribution in [2.45, 2.75) is 6.04 Å². The number of nitrogens with zero attached hydrogens (tertiary/aromatic N) is 2. The third-order valence-electron chi connectivity index (χ3n) is 2.39. The monoisotopic (exact) mass is 168 g/mol. The average Bonchev–Trinajstić information content (AvgIpc) is 2.65. The van der Waals surface area contributed by atoms with Crippen LogP contribution in [0, 0.1) is 0 Å². The summed E-state index contributed by atoms with van der Waals surface area (Å²) >= 11 is 0. The summed E-state index contributed by atoms with van der Waals surface area (Å²) < 4.78 is 0. The molecule has 13 heavy (non-hydrogen) atoms. The maximum Gasteiger partial charge on any atom is 0.0940 e. The molecule has 0 saturated carbocycles. The minimum Gasteiger partial charge on any atom is -0.279 e. The quantitative estimate of drug-likeness (QED) is 0.580. The molecular formula is C11H8N2. The minimum atomic E-state index is 0.233. The zero-order valence-electron chi connectivity index (χ0n) is 7.01. The van der Waals surface area contributed by atoms with Crippen molar-refractivity contribution in [1.82, 2.24) is 4.98 Å². The molecule has 0 amide bonds. The van der Waals surface area contributed by atoms with Crippen molar-refractivity contribution in [2.24, 2.45) is 4.99 Å². The van der Waals surface area contributed by atoms with Crippen LogP contribution >= 0.6 is 0 Å².